The van der Waals surface area contributed by atoms with Crippen molar-refractivity contribution in [3.63, 3.8) is 0 Å². The summed E-state index contributed by atoms with van der Waals surface area (Å²) in [4.78, 5) is 28.5. The zero-order valence-corrected chi connectivity index (χ0v) is 13.9. The van der Waals surface area contributed by atoms with E-state index in [0.717, 1.165) is 6.42 Å². The van der Waals surface area contributed by atoms with Gasteiger partial charge in [-0.25, -0.2) is 4.98 Å². The van der Waals surface area contributed by atoms with E-state index in [2.05, 4.69) is 20.9 Å². The Hall–Kier alpha value is -2.11. The molecule has 0 aromatic carbocycles. The highest BCUT2D eigenvalue weighted by atomic mass is 16.2. The zero-order chi connectivity index (χ0) is 16.7. The van der Waals surface area contributed by atoms with E-state index in [0.29, 0.717) is 11.4 Å². The highest BCUT2D eigenvalue weighted by Gasteiger charge is 2.20. The summed E-state index contributed by atoms with van der Waals surface area (Å²) < 4.78 is 0. The first-order valence-corrected chi connectivity index (χ1v) is 7.67. The normalized spacial score (nSPS) is 13.4. The van der Waals surface area contributed by atoms with Gasteiger partial charge in [0.25, 0.3) is 5.91 Å². The van der Waals surface area contributed by atoms with Crippen LogP contribution in [0.25, 0.3) is 0 Å². The minimum atomic E-state index is -0.603. The number of nitrogens with one attached hydrogen (secondary N) is 3. The van der Waals surface area contributed by atoms with Crippen LogP contribution in [-0.4, -0.2) is 34.9 Å². The molecular formula is C16H26N4O2. The van der Waals surface area contributed by atoms with Crippen molar-refractivity contribution in [3.8, 4) is 0 Å². The van der Waals surface area contributed by atoms with Crippen LogP contribution in [0.5, 0.6) is 0 Å². The molecule has 122 valence electrons. The van der Waals surface area contributed by atoms with Crippen molar-refractivity contribution in [1.82, 2.24) is 15.6 Å². The molecule has 6 heteroatoms. The fourth-order valence-electron chi connectivity index (χ4n) is 1.79. The number of rotatable bonds is 7. The van der Waals surface area contributed by atoms with Crippen LogP contribution < -0.4 is 16.0 Å². The number of nitrogens with zero attached hydrogens (tertiary/aromatic N) is 1. The van der Waals surface area contributed by atoms with Crippen LogP contribution in [0.15, 0.2) is 18.3 Å². The third kappa shape index (κ3) is 5.35. The van der Waals surface area contributed by atoms with Crippen molar-refractivity contribution >= 4 is 17.6 Å². The SMILES string of the molecule is CCC(C)NC(=O)C(C)NC(=O)c1cccnc1NC(C)C. The van der Waals surface area contributed by atoms with Crippen molar-refractivity contribution in [1.29, 1.82) is 0 Å². The molecule has 0 radical (unpaired) electrons. The monoisotopic (exact) mass is 306 g/mol. The lowest BCUT2D eigenvalue weighted by molar-refractivity contribution is -0.123. The molecule has 1 aromatic heterocycles. The molecule has 0 aliphatic carbocycles. The molecule has 1 rings (SSSR count). The zero-order valence-electron chi connectivity index (χ0n) is 13.9. The average molecular weight is 306 g/mol. The summed E-state index contributed by atoms with van der Waals surface area (Å²) in [5, 5.41) is 8.68. The number of carbonyl (C=O) groups is 2. The molecule has 0 spiro atoms. The van der Waals surface area contributed by atoms with Gasteiger partial charge in [0.15, 0.2) is 0 Å². The molecule has 0 bridgehead atoms. The molecule has 0 aliphatic rings. The van der Waals surface area contributed by atoms with Gasteiger partial charge >= 0.3 is 0 Å². The fraction of sp³-hybridized carbons (Fsp3) is 0.562. The van der Waals surface area contributed by atoms with Gasteiger partial charge in [-0.3, -0.25) is 9.59 Å². The Morgan fingerprint density at radius 1 is 1.18 bits per heavy atom. The van der Waals surface area contributed by atoms with E-state index in [4.69, 9.17) is 0 Å². The van der Waals surface area contributed by atoms with Gasteiger partial charge in [-0.2, -0.15) is 0 Å². The molecule has 22 heavy (non-hydrogen) atoms. The first-order chi connectivity index (χ1) is 10.3. The maximum atomic E-state index is 12.3. The Morgan fingerprint density at radius 2 is 1.86 bits per heavy atom. The minimum absolute atomic E-state index is 0.0865. The molecule has 2 unspecified atom stereocenters. The smallest absolute Gasteiger partial charge is 0.255 e. The lowest BCUT2D eigenvalue weighted by Gasteiger charge is -2.18. The van der Waals surface area contributed by atoms with Crippen LogP contribution in [0.1, 0.15) is 51.4 Å². The van der Waals surface area contributed by atoms with E-state index in [1.165, 1.54) is 0 Å². The summed E-state index contributed by atoms with van der Waals surface area (Å²) in [7, 11) is 0. The molecule has 6 nitrogen and oxygen atoms in total. The van der Waals surface area contributed by atoms with Gasteiger partial charge in [-0.15, -0.1) is 0 Å². The third-order valence-electron chi connectivity index (χ3n) is 3.22. The lowest BCUT2D eigenvalue weighted by atomic mass is 10.2. The van der Waals surface area contributed by atoms with Gasteiger partial charge in [-0.05, 0) is 46.2 Å². The van der Waals surface area contributed by atoms with E-state index in [1.807, 2.05) is 27.7 Å². The van der Waals surface area contributed by atoms with E-state index in [1.54, 1.807) is 25.3 Å². The molecular weight excluding hydrogens is 280 g/mol. The molecule has 0 saturated heterocycles. The third-order valence-corrected chi connectivity index (χ3v) is 3.22. The molecule has 3 N–H and O–H groups in total. The second kappa shape index (κ2) is 8.36. The van der Waals surface area contributed by atoms with Crippen LogP contribution in [0.4, 0.5) is 5.82 Å². The van der Waals surface area contributed by atoms with Crippen LogP contribution in [-0.2, 0) is 4.79 Å². The maximum Gasteiger partial charge on any atom is 0.255 e. The Kier molecular flexibility index (Phi) is 6.82. The van der Waals surface area contributed by atoms with Crippen molar-refractivity contribution < 1.29 is 9.59 Å². The molecule has 1 aromatic rings. The molecule has 1 heterocycles. The molecule has 2 amide bonds. The second-order valence-electron chi connectivity index (χ2n) is 5.71. The Bertz CT molecular complexity index is 517. The number of pyridine rings is 1. The van der Waals surface area contributed by atoms with Crippen LogP contribution in [0.3, 0.4) is 0 Å². The highest BCUT2D eigenvalue weighted by molar-refractivity contribution is 6.01. The first kappa shape index (κ1) is 17.9. The quantitative estimate of drug-likeness (QED) is 0.719. The molecule has 0 aliphatic heterocycles. The van der Waals surface area contributed by atoms with Crippen LogP contribution in [0, 0.1) is 0 Å². The number of anilines is 1. The maximum absolute atomic E-state index is 12.3. The minimum Gasteiger partial charge on any atom is -0.367 e. The van der Waals surface area contributed by atoms with Crippen molar-refractivity contribution in [3.05, 3.63) is 23.9 Å². The molecule has 0 fully saturated rings. The number of aromatic nitrogens is 1. The van der Waals surface area contributed by atoms with Gasteiger partial charge in [0.2, 0.25) is 5.91 Å². The number of hydrogen-bond acceptors (Lipinski definition) is 4. The van der Waals surface area contributed by atoms with Crippen molar-refractivity contribution in [2.45, 2.75) is 59.2 Å². The molecule has 2 atom stereocenters. The lowest BCUT2D eigenvalue weighted by Crippen LogP contribution is -2.47. The Balaban J connectivity index is 2.74. The number of amides is 2. The standard InChI is InChI=1S/C16H26N4O2/c1-6-11(4)19-15(21)12(5)20-16(22)13-8-7-9-17-14(13)18-10(2)3/h7-12H,6H2,1-5H3,(H,17,18)(H,19,21)(H,20,22). The summed E-state index contributed by atoms with van der Waals surface area (Å²) in [6.45, 7) is 9.53. The summed E-state index contributed by atoms with van der Waals surface area (Å²) in [6, 6.07) is 3.03. The average Bonchev–Trinajstić information content (AvgIpc) is 2.46. The summed E-state index contributed by atoms with van der Waals surface area (Å²) in [5.74, 6) is 0.0116. The van der Waals surface area contributed by atoms with Gasteiger partial charge in [0.1, 0.15) is 11.9 Å². The second-order valence-corrected chi connectivity index (χ2v) is 5.71. The van der Waals surface area contributed by atoms with Gasteiger partial charge in [0, 0.05) is 18.3 Å². The van der Waals surface area contributed by atoms with Gasteiger partial charge < -0.3 is 16.0 Å². The van der Waals surface area contributed by atoms with E-state index in [9.17, 15) is 9.59 Å². The van der Waals surface area contributed by atoms with E-state index < -0.39 is 6.04 Å². The topological polar surface area (TPSA) is 83.1 Å². The van der Waals surface area contributed by atoms with E-state index >= 15 is 0 Å². The summed E-state index contributed by atoms with van der Waals surface area (Å²) >= 11 is 0. The van der Waals surface area contributed by atoms with Crippen molar-refractivity contribution in [2.75, 3.05) is 5.32 Å². The van der Waals surface area contributed by atoms with Crippen LogP contribution >= 0.6 is 0 Å². The Labute approximate surface area is 132 Å². The molecule has 0 saturated carbocycles. The Morgan fingerprint density at radius 3 is 2.45 bits per heavy atom. The predicted octanol–water partition coefficient (Wildman–Crippen LogP) is 1.93. The van der Waals surface area contributed by atoms with Crippen molar-refractivity contribution in [2.24, 2.45) is 0 Å². The van der Waals surface area contributed by atoms with Crippen LogP contribution in [0.2, 0.25) is 0 Å². The number of hydrogen-bond donors (Lipinski definition) is 3. The van der Waals surface area contributed by atoms with E-state index in [-0.39, 0.29) is 23.9 Å². The highest BCUT2D eigenvalue weighted by Crippen LogP contribution is 2.12. The van der Waals surface area contributed by atoms with Gasteiger partial charge in [-0.1, -0.05) is 6.92 Å². The fourth-order valence-corrected chi connectivity index (χ4v) is 1.79. The largest absolute Gasteiger partial charge is 0.367 e. The predicted molar refractivity (Wildman–Crippen MR) is 87.8 cm³/mol. The summed E-state index contributed by atoms with van der Waals surface area (Å²) in [6.07, 6.45) is 2.47. The first-order valence-electron chi connectivity index (χ1n) is 7.67. The number of carbonyl (C=O) groups excluding carboxylic acids is 2. The summed E-state index contributed by atoms with van der Waals surface area (Å²) in [5.41, 5.74) is 0.430. The van der Waals surface area contributed by atoms with Gasteiger partial charge in [0.05, 0.1) is 5.56 Å².